The number of hydrogen-bond acceptors (Lipinski definition) is 6. The summed E-state index contributed by atoms with van der Waals surface area (Å²) < 4.78 is 56.1. The minimum absolute atomic E-state index is 0.397. The van der Waals surface area contributed by atoms with E-state index in [1.807, 2.05) is 47.9 Å². The molecule has 0 saturated heterocycles. The number of hydrogen-bond donors (Lipinski definition) is 0. The SMILES string of the molecule is Cc1occc1-c1nnc(SCc2ccc(S(=O)(=O)C(F)F)cc2)n1Cc1ccccc1. The Morgan fingerprint density at radius 3 is 2.34 bits per heavy atom. The zero-order chi connectivity index (χ0) is 22.7. The molecule has 0 fully saturated rings. The first-order chi connectivity index (χ1) is 15.4. The van der Waals surface area contributed by atoms with E-state index in [-0.39, 0.29) is 0 Å². The van der Waals surface area contributed by atoms with E-state index in [0.717, 1.165) is 22.5 Å². The molecule has 6 nitrogen and oxygen atoms in total. The fourth-order valence-corrected chi connectivity index (χ4v) is 4.76. The molecule has 0 N–H and O–H groups in total. The van der Waals surface area contributed by atoms with Crippen LogP contribution in [0.5, 0.6) is 0 Å². The zero-order valence-corrected chi connectivity index (χ0v) is 18.6. The molecule has 0 aliphatic carbocycles. The normalized spacial score (nSPS) is 11.9. The Kier molecular flexibility index (Phi) is 6.43. The van der Waals surface area contributed by atoms with Gasteiger partial charge in [0.05, 0.1) is 23.3 Å². The Morgan fingerprint density at radius 1 is 1.00 bits per heavy atom. The topological polar surface area (TPSA) is 78.0 Å². The van der Waals surface area contributed by atoms with Crippen molar-refractivity contribution in [1.82, 2.24) is 14.8 Å². The van der Waals surface area contributed by atoms with E-state index < -0.39 is 20.5 Å². The average Bonchev–Trinajstić information content (AvgIpc) is 3.38. The first-order valence-electron chi connectivity index (χ1n) is 9.61. The van der Waals surface area contributed by atoms with E-state index in [1.54, 1.807) is 6.26 Å². The van der Waals surface area contributed by atoms with Gasteiger partial charge in [-0.05, 0) is 36.2 Å². The molecule has 0 spiro atoms. The largest absolute Gasteiger partial charge is 0.469 e. The van der Waals surface area contributed by atoms with E-state index in [9.17, 15) is 17.2 Å². The van der Waals surface area contributed by atoms with E-state index in [2.05, 4.69) is 10.2 Å². The number of aryl methyl sites for hydroxylation is 1. The lowest BCUT2D eigenvalue weighted by Gasteiger charge is -2.10. The van der Waals surface area contributed by atoms with Crippen LogP contribution >= 0.6 is 11.8 Å². The van der Waals surface area contributed by atoms with Crippen molar-refractivity contribution < 1.29 is 21.6 Å². The summed E-state index contributed by atoms with van der Waals surface area (Å²) in [7, 11) is -4.60. The maximum absolute atomic E-state index is 12.7. The van der Waals surface area contributed by atoms with Crippen LogP contribution in [-0.2, 0) is 22.1 Å². The molecule has 2 heterocycles. The summed E-state index contributed by atoms with van der Waals surface area (Å²) in [4.78, 5) is -0.397. The van der Waals surface area contributed by atoms with Gasteiger partial charge < -0.3 is 4.42 Å². The molecular formula is C22H19F2N3O3S2. The number of aromatic nitrogens is 3. The fraction of sp³-hybridized carbons (Fsp3) is 0.182. The van der Waals surface area contributed by atoms with Gasteiger partial charge in [-0.1, -0.05) is 54.2 Å². The minimum Gasteiger partial charge on any atom is -0.469 e. The predicted octanol–water partition coefficient (Wildman–Crippen LogP) is 5.18. The molecule has 166 valence electrons. The summed E-state index contributed by atoms with van der Waals surface area (Å²) in [6.07, 6.45) is 1.61. The Hall–Kier alpha value is -2.98. The summed E-state index contributed by atoms with van der Waals surface area (Å²) in [5.41, 5.74) is 2.71. The number of furan rings is 1. The summed E-state index contributed by atoms with van der Waals surface area (Å²) in [5.74, 6) is -1.56. The third-order valence-electron chi connectivity index (χ3n) is 4.85. The van der Waals surface area contributed by atoms with Gasteiger partial charge in [-0.2, -0.15) is 8.78 Å². The second-order valence-electron chi connectivity index (χ2n) is 7.01. The zero-order valence-electron chi connectivity index (χ0n) is 17.0. The molecule has 2 aromatic heterocycles. The summed E-state index contributed by atoms with van der Waals surface area (Å²) in [6.45, 7) is 2.42. The minimum atomic E-state index is -4.60. The van der Waals surface area contributed by atoms with Crippen molar-refractivity contribution in [1.29, 1.82) is 0 Å². The second kappa shape index (κ2) is 9.25. The molecule has 0 aliphatic rings. The van der Waals surface area contributed by atoms with Gasteiger partial charge in [0.1, 0.15) is 5.76 Å². The van der Waals surface area contributed by atoms with Crippen molar-refractivity contribution in [3.63, 3.8) is 0 Å². The molecule has 10 heteroatoms. The Morgan fingerprint density at radius 2 is 1.72 bits per heavy atom. The summed E-state index contributed by atoms with van der Waals surface area (Å²) in [5, 5.41) is 9.38. The van der Waals surface area contributed by atoms with Crippen LogP contribution in [-0.4, -0.2) is 28.9 Å². The van der Waals surface area contributed by atoms with Crippen molar-refractivity contribution in [3.8, 4) is 11.4 Å². The maximum Gasteiger partial charge on any atom is 0.341 e. The van der Waals surface area contributed by atoms with Crippen LogP contribution in [0.3, 0.4) is 0 Å². The fourth-order valence-electron chi connectivity index (χ4n) is 3.15. The van der Waals surface area contributed by atoms with Crippen LogP contribution in [0.15, 0.2) is 81.4 Å². The third-order valence-corrected chi connectivity index (χ3v) is 7.29. The van der Waals surface area contributed by atoms with Crippen LogP contribution in [0.25, 0.3) is 11.4 Å². The summed E-state index contributed by atoms with van der Waals surface area (Å²) >= 11 is 1.42. The van der Waals surface area contributed by atoms with Crippen molar-refractivity contribution in [2.75, 3.05) is 0 Å². The van der Waals surface area contributed by atoms with Crippen LogP contribution < -0.4 is 0 Å². The van der Waals surface area contributed by atoms with Crippen molar-refractivity contribution in [3.05, 3.63) is 83.8 Å². The Labute approximate surface area is 188 Å². The lowest BCUT2D eigenvalue weighted by molar-refractivity contribution is 0.234. The first-order valence-corrected chi connectivity index (χ1v) is 12.1. The molecule has 0 aliphatic heterocycles. The van der Waals surface area contributed by atoms with Crippen molar-refractivity contribution in [2.24, 2.45) is 0 Å². The van der Waals surface area contributed by atoms with Crippen LogP contribution in [0, 0.1) is 6.92 Å². The van der Waals surface area contributed by atoms with Gasteiger partial charge in [0.25, 0.3) is 0 Å². The number of nitrogens with zero attached hydrogens (tertiary/aromatic N) is 3. The number of rotatable bonds is 8. The maximum atomic E-state index is 12.7. The van der Waals surface area contributed by atoms with Crippen LogP contribution in [0.1, 0.15) is 16.9 Å². The molecule has 4 rings (SSSR count). The van der Waals surface area contributed by atoms with Gasteiger partial charge in [0.2, 0.25) is 9.84 Å². The first kappa shape index (κ1) is 22.2. The number of benzene rings is 2. The van der Waals surface area contributed by atoms with E-state index >= 15 is 0 Å². The van der Waals surface area contributed by atoms with Gasteiger partial charge in [0.15, 0.2) is 11.0 Å². The highest BCUT2D eigenvalue weighted by molar-refractivity contribution is 7.98. The van der Waals surface area contributed by atoms with Crippen molar-refractivity contribution in [2.45, 2.75) is 35.0 Å². The molecule has 32 heavy (non-hydrogen) atoms. The molecule has 4 aromatic rings. The number of thioether (sulfide) groups is 1. The number of alkyl halides is 2. The molecular weight excluding hydrogens is 456 g/mol. The van der Waals surface area contributed by atoms with Gasteiger partial charge >= 0.3 is 5.76 Å². The lowest BCUT2D eigenvalue weighted by Crippen LogP contribution is -2.11. The number of sulfone groups is 1. The average molecular weight is 476 g/mol. The second-order valence-corrected chi connectivity index (χ2v) is 9.87. The molecule has 0 radical (unpaired) electrons. The van der Waals surface area contributed by atoms with Crippen LogP contribution in [0.2, 0.25) is 0 Å². The molecule has 0 unspecified atom stereocenters. The van der Waals surface area contributed by atoms with Crippen LogP contribution in [0.4, 0.5) is 8.78 Å². The van der Waals surface area contributed by atoms with Gasteiger partial charge in [-0.3, -0.25) is 4.57 Å². The standard InChI is InChI=1S/C22H19F2N3O3S2/c1-15-19(11-12-30-15)20-25-26-22(27(20)13-16-5-3-2-4-6-16)31-14-17-7-9-18(10-8-17)32(28,29)21(23)24/h2-12,21H,13-14H2,1H3. The Balaban J connectivity index is 1.59. The van der Waals surface area contributed by atoms with Crippen molar-refractivity contribution >= 4 is 21.6 Å². The van der Waals surface area contributed by atoms with E-state index in [4.69, 9.17) is 4.42 Å². The number of halogens is 2. The molecule has 2 aromatic carbocycles. The molecule has 0 atom stereocenters. The van der Waals surface area contributed by atoms with Gasteiger partial charge in [0, 0.05) is 5.75 Å². The lowest BCUT2D eigenvalue weighted by atomic mass is 10.2. The smallest absolute Gasteiger partial charge is 0.341 e. The molecule has 0 saturated carbocycles. The molecule has 0 bridgehead atoms. The van der Waals surface area contributed by atoms with E-state index in [1.165, 1.54) is 36.0 Å². The third kappa shape index (κ3) is 4.61. The van der Waals surface area contributed by atoms with Gasteiger partial charge in [-0.25, -0.2) is 8.42 Å². The molecule has 0 amide bonds. The Bertz CT molecular complexity index is 1300. The predicted molar refractivity (Wildman–Crippen MR) is 117 cm³/mol. The highest BCUT2D eigenvalue weighted by atomic mass is 32.2. The quantitative estimate of drug-likeness (QED) is 0.327. The monoisotopic (exact) mass is 475 g/mol. The summed E-state index contributed by atoms with van der Waals surface area (Å²) in [6, 6.07) is 17.2. The van der Waals surface area contributed by atoms with Gasteiger partial charge in [-0.15, -0.1) is 10.2 Å². The van der Waals surface area contributed by atoms with E-state index in [0.29, 0.717) is 23.3 Å². The highest BCUT2D eigenvalue weighted by Crippen LogP contribution is 2.30. The highest BCUT2D eigenvalue weighted by Gasteiger charge is 2.26.